The molecule has 2 saturated carbocycles. The van der Waals surface area contributed by atoms with Crippen molar-refractivity contribution in [2.45, 2.75) is 73.8 Å². The molecule has 2 aliphatic rings. The quantitative estimate of drug-likeness (QED) is 0.693. The summed E-state index contributed by atoms with van der Waals surface area (Å²) in [5.74, 6) is 0. The van der Waals surface area contributed by atoms with Crippen molar-refractivity contribution >= 4 is 26.3 Å². The van der Waals surface area contributed by atoms with E-state index in [-0.39, 0.29) is 0 Å². The number of hydrogen-bond donors (Lipinski definition) is 0. The fraction of sp³-hybridized carbons (Fsp3) is 1.00. The van der Waals surface area contributed by atoms with Gasteiger partial charge in [0.1, 0.15) is 0 Å². The standard InChI is InChI=1S/C12H22Se2/c1-3-7-11(8-4-1)13-14-12-9-5-2-6-10-12/h11-12H,1-10H2. The van der Waals surface area contributed by atoms with E-state index >= 15 is 0 Å². The van der Waals surface area contributed by atoms with E-state index in [1.54, 1.807) is 51.4 Å². The summed E-state index contributed by atoms with van der Waals surface area (Å²) < 4.78 is 0. The predicted octanol–water partition coefficient (Wildman–Crippen LogP) is 3.82. The fourth-order valence-electron chi connectivity index (χ4n) is 2.48. The second kappa shape index (κ2) is 6.58. The van der Waals surface area contributed by atoms with Gasteiger partial charge in [0.05, 0.1) is 0 Å². The molecule has 0 heterocycles. The zero-order chi connectivity index (χ0) is 9.64. The van der Waals surface area contributed by atoms with Gasteiger partial charge in [-0.3, -0.25) is 0 Å². The predicted molar refractivity (Wildman–Crippen MR) is 65.2 cm³/mol. The van der Waals surface area contributed by atoms with Crippen molar-refractivity contribution in [1.29, 1.82) is 0 Å². The molecule has 2 aliphatic carbocycles. The second-order valence-corrected chi connectivity index (χ2v) is 12.5. The van der Waals surface area contributed by atoms with Crippen molar-refractivity contribution in [2.24, 2.45) is 0 Å². The number of rotatable bonds is 3. The van der Waals surface area contributed by atoms with Crippen LogP contribution >= 0.6 is 0 Å². The van der Waals surface area contributed by atoms with Crippen LogP contribution < -0.4 is 0 Å². The monoisotopic (exact) mass is 326 g/mol. The summed E-state index contributed by atoms with van der Waals surface area (Å²) in [5.41, 5.74) is 0. The van der Waals surface area contributed by atoms with Crippen molar-refractivity contribution in [3.8, 4) is 0 Å². The molecule has 0 unspecified atom stereocenters. The van der Waals surface area contributed by atoms with Gasteiger partial charge in [0.15, 0.2) is 0 Å². The Morgan fingerprint density at radius 1 is 0.500 bits per heavy atom. The van der Waals surface area contributed by atoms with Crippen LogP contribution in [0.5, 0.6) is 0 Å². The molecule has 0 aromatic rings. The fourth-order valence-corrected chi connectivity index (χ4v) is 13.0. The second-order valence-electron chi connectivity index (χ2n) is 4.71. The third-order valence-corrected chi connectivity index (χ3v) is 13.9. The van der Waals surface area contributed by atoms with Crippen LogP contribution in [0, 0.1) is 0 Å². The summed E-state index contributed by atoms with van der Waals surface area (Å²) in [6.07, 6.45) is 15.6. The first-order valence-electron chi connectivity index (χ1n) is 6.27. The molecule has 14 heavy (non-hydrogen) atoms. The first kappa shape index (κ1) is 11.5. The van der Waals surface area contributed by atoms with Crippen LogP contribution in [0.2, 0.25) is 9.63 Å². The van der Waals surface area contributed by atoms with Crippen molar-refractivity contribution in [3.63, 3.8) is 0 Å². The third kappa shape index (κ3) is 3.89. The zero-order valence-electron chi connectivity index (χ0n) is 9.04. The maximum atomic E-state index is 1.59. The van der Waals surface area contributed by atoms with Gasteiger partial charge in [0.2, 0.25) is 0 Å². The Bertz CT molecular complexity index is 128. The number of hydrogen-bond acceptors (Lipinski definition) is 0. The molecular formula is C12H22Se2. The van der Waals surface area contributed by atoms with E-state index in [2.05, 4.69) is 0 Å². The Hall–Kier alpha value is 1.04. The molecular weight excluding hydrogens is 302 g/mol. The van der Waals surface area contributed by atoms with Gasteiger partial charge in [0, 0.05) is 0 Å². The summed E-state index contributed by atoms with van der Waals surface area (Å²) in [7, 11) is 0. The summed E-state index contributed by atoms with van der Waals surface area (Å²) >= 11 is 2.13. The van der Waals surface area contributed by atoms with Crippen LogP contribution in [-0.4, -0.2) is 26.3 Å². The van der Waals surface area contributed by atoms with Gasteiger partial charge in [-0.05, 0) is 0 Å². The molecule has 0 bridgehead atoms. The van der Waals surface area contributed by atoms with Gasteiger partial charge in [-0.15, -0.1) is 0 Å². The molecule has 0 saturated heterocycles. The van der Waals surface area contributed by atoms with Gasteiger partial charge in [0.25, 0.3) is 0 Å². The van der Waals surface area contributed by atoms with E-state index in [0.717, 1.165) is 26.3 Å². The molecule has 0 spiro atoms. The molecule has 0 aromatic heterocycles. The Balaban J connectivity index is 1.60. The Morgan fingerprint density at radius 2 is 0.857 bits per heavy atom. The minimum atomic E-state index is 1.06. The van der Waals surface area contributed by atoms with Crippen LogP contribution in [0.1, 0.15) is 64.2 Å². The van der Waals surface area contributed by atoms with E-state index in [1.165, 1.54) is 22.5 Å². The van der Waals surface area contributed by atoms with Crippen LogP contribution in [0.4, 0.5) is 0 Å². The van der Waals surface area contributed by atoms with Crippen LogP contribution in [0.25, 0.3) is 0 Å². The van der Waals surface area contributed by atoms with E-state index in [4.69, 9.17) is 0 Å². The summed E-state index contributed by atoms with van der Waals surface area (Å²) in [6, 6.07) is 0. The van der Waals surface area contributed by atoms with Crippen LogP contribution in [-0.2, 0) is 0 Å². The molecule has 2 rings (SSSR count). The molecule has 2 fully saturated rings. The first-order chi connectivity index (χ1) is 6.95. The van der Waals surface area contributed by atoms with Crippen LogP contribution in [0.15, 0.2) is 0 Å². The van der Waals surface area contributed by atoms with Gasteiger partial charge in [-0.1, -0.05) is 0 Å². The molecule has 2 heteroatoms. The first-order valence-corrected chi connectivity index (χ1v) is 12.6. The molecule has 0 aliphatic heterocycles. The van der Waals surface area contributed by atoms with E-state index < -0.39 is 0 Å². The Kier molecular flexibility index (Phi) is 5.42. The van der Waals surface area contributed by atoms with Crippen LogP contribution in [0.3, 0.4) is 0 Å². The molecule has 0 amide bonds. The summed E-state index contributed by atoms with van der Waals surface area (Å²) in [4.78, 5) is 2.41. The average molecular weight is 324 g/mol. The minimum absolute atomic E-state index is 1.06. The zero-order valence-corrected chi connectivity index (χ0v) is 12.5. The van der Waals surface area contributed by atoms with Gasteiger partial charge in [-0.25, -0.2) is 0 Å². The van der Waals surface area contributed by atoms with E-state index in [9.17, 15) is 0 Å². The van der Waals surface area contributed by atoms with Crippen molar-refractivity contribution in [2.75, 3.05) is 0 Å². The molecule has 0 N–H and O–H groups in total. The SMILES string of the molecule is C1CCC([Se][Se]C2CCCCC2)CC1. The topological polar surface area (TPSA) is 0 Å². The van der Waals surface area contributed by atoms with Gasteiger partial charge in [-0.2, -0.15) is 0 Å². The van der Waals surface area contributed by atoms with Crippen molar-refractivity contribution in [1.82, 2.24) is 0 Å². The molecule has 0 nitrogen and oxygen atoms in total. The Morgan fingerprint density at radius 3 is 1.21 bits per heavy atom. The van der Waals surface area contributed by atoms with Crippen molar-refractivity contribution < 1.29 is 0 Å². The normalized spacial score (nSPS) is 26.6. The maximum absolute atomic E-state index is 1.59. The third-order valence-electron chi connectivity index (χ3n) is 3.43. The molecule has 0 atom stereocenters. The molecule has 82 valence electrons. The van der Waals surface area contributed by atoms with E-state index in [1.807, 2.05) is 0 Å². The van der Waals surface area contributed by atoms with Crippen molar-refractivity contribution in [3.05, 3.63) is 0 Å². The molecule has 0 radical (unpaired) electrons. The summed E-state index contributed by atoms with van der Waals surface area (Å²) in [5, 5.41) is 0. The average Bonchev–Trinajstić information content (AvgIpc) is 2.29. The van der Waals surface area contributed by atoms with Gasteiger partial charge >= 0.3 is 100 Å². The summed E-state index contributed by atoms with van der Waals surface area (Å²) in [6.45, 7) is 0. The van der Waals surface area contributed by atoms with E-state index in [0.29, 0.717) is 0 Å². The molecule has 0 aromatic carbocycles. The van der Waals surface area contributed by atoms with Gasteiger partial charge < -0.3 is 0 Å². The Labute approximate surface area is 99.9 Å².